The lowest BCUT2D eigenvalue weighted by Gasteiger charge is -2.33. The second-order valence-corrected chi connectivity index (χ2v) is 7.69. The van der Waals surface area contributed by atoms with Gasteiger partial charge in [-0.1, -0.05) is 6.92 Å². The van der Waals surface area contributed by atoms with Crippen LogP contribution in [0.15, 0.2) is 27.8 Å². The van der Waals surface area contributed by atoms with Crippen LogP contribution < -0.4 is 10.6 Å². The third kappa shape index (κ3) is 10.1. The summed E-state index contributed by atoms with van der Waals surface area (Å²) in [4.78, 5) is 7.27. The molecule has 2 rings (SSSR count). The lowest BCUT2D eigenvalue weighted by molar-refractivity contribution is 0.0532. The lowest BCUT2D eigenvalue weighted by Crippen LogP contribution is -2.50. The molecule has 1 atom stereocenters. The van der Waals surface area contributed by atoms with Crippen LogP contribution >= 0.6 is 24.0 Å². The molecule has 0 bridgehead atoms. The van der Waals surface area contributed by atoms with E-state index in [2.05, 4.69) is 43.2 Å². The van der Waals surface area contributed by atoms with Crippen LogP contribution in [0.3, 0.4) is 0 Å². The Kier molecular flexibility index (Phi) is 12.8. The van der Waals surface area contributed by atoms with Crippen molar-refractivity contribution in [2.45, 2.75) is 71.6 Å². The zero-order chi connectivity index (χ0) is 19.5. The zero-order valence-electron chi connectivity index (χ0n) is 17.9. The summed E-state index contributed by atoms with van der Waals surface area (Å²) < 4.78 is 11.1. The number of rotatable bonds is 10. The van der Waals surface area contributed by atoms with E-state index in [-0.39, 0.29) is 24.0 Å². The van der Waals surface area contributed by atoms with Gasteiger partial charge in [0, 0.05) is 44.7 Å². The Labute approximate surface area is 187 Å². The Bertz CT molecular complexity index is 529. The van der Waals surface area contributed by atoms with Crippen molar-refractivity contribution in [2.75, 3.05) is 32.8 Å². The summed E-state index contributed by atoms with van der Waals surface area (Å²) >= 11 is 0. The van der Waals surface area contributed by atoms with Crippen LogP contribution in [0.5, 0.6) is 0 Å². The molecule has 1 fully saturated rings. The first-order chi connectivity index (χ1) is 13.1. The first-order valence-electron chi connectivity index (χ1n) is 10.5. The third-order valence-electron chi connectivity index (χ3n) is 4.99. The smallest absolute Gasteiger partial charge is 0.191 e. The van der Waals surface area contributed by atoms with Gasteiger partial charge in [-0.2, -0.15) is 0 Å². The molecule has 1 aromatic heterocycles. The average Bonchev–Trinajstić information content (AvgIpc) is 3.16. The largest absolute Gasteiger partial charge is 0.469 e. The quantitative estimate of drug-likeness (QED) is 0.288. The van der Waals surface area contributed by atoms with Gasteiger partial charge in [-0.25, -0.2) is 0 Å². The van der Waals surface area contributed by atoms with Crippen molar-refractivity contribution >= 4 is 29.9 Å². The maximum Gasteiger partial charge on any atom is 0.191 e. The van der Waals surface area contributed by atoms with E-state index < -0.39 is 0 Å². The maximum atomic E-state index is 5.67. The highest BCUT2D eigenvalue weighted by atomic mass is 127. The minimum Gasteiger partial charge on any atom is -0.469 e. The van der Waals surface area contributed by atoms with Gasteiger partial charge in [-0.05, 0) is 52.2 Å². The molecule has 0 spiro atoms. The Balaban J connectivity index is 0.00000392. The molecule has 1 aliphatic rings. The SMILES string of the molecule is CCC(C)NC(=NCCc1ccco1)NC1CCN(CCOC(C)C)CC1.I. The Hall–Kier alpha value is -0.800. The molecule has 1 aliphatic heterocycles. The van der Waals surface area contributed by atoms with Crippen molar-refractivity contribution in [3.8, 4) is 0 Å². The molecule has 2 heterocycles. The summed E-state index contributed by atoms with van der Waals surface area (Å²) in [5, 5.41) is 7.17. The van der Waals surface area contributed by atoms with Crippen LogP contribution in [0.4, 0.5) is 0 Å². The van der Waals surface area contributed by atoms with Gasteiger partial charge in [-0.3, -0.25) is 4.99 Å². The first kappa shape index (κ1) is 25.2. The number of ether oxygens (including phenoxy) is 1. The zero-order valence-corrected chi connectivity index (χ0v) is 20.3. The van der Waals surface area contributed by atoms with E-state index in [1.54, 1.807) is 6.26 Å². The number of piperidine rings is 1. The topological polar surface area (TPSA) is 62.0 Å². The van der Waals surface area contributed by atoms with Crippen LogP contribution in [0, 0.1) is 0 Å². The predicted octanol–water partition coefficient (Wildman–Crippen LogP) is 3.66. The van der Waals surface area contributed by atoms with E-state index >= 15 is 0 Å². The fourth-order valence-electron chi connectivity index (χ4n) is 3.11. The summed E-state index contributed by atoms with van der Waals surface area (Å²) in [5.41, 5.74) is 0. The second-order valence-electron chi connectivity index (χ2n) is 7.69. The summed E-state index contributed by atoms with van der Waals surface area (Å²) in [6.07, 6.45) is 6.22. The third-order valence-corrected chi connectivity index (χ3v) is 4.99. The number of nitrogens with one attached hydrogen (secondary N) is 2. The summed E-state index contributed by atoms with van der Waals surface area (Å²) in [6.45, 7) is 13.4. The predicted molar refractivity (Wildman–Crippen MR) is 127 cm³/mol. The van der Waals surface area contributed by atoms with Crippen molar-refractivity contribution in [1.29, 1.82) is 0 Å². The summed E-state index contributed by atoms with van der Waals surface area (Å²) in [5.74, 6) is 1.91. The average molecular weight is 506 g/mol. The normalized spacial score (nSPS) is 17.4. The van der Waals surface area contributed by atoms with Gasteiger partial charge in [0.15, 0.2) is 5.96 Å². The molecule has 0 amide bonds. The molecule has 162 valence electrons. The fourth-order valence-corrected chi connectivity index (χ4v) is 3.11. The van der Waals surface area contributed by atoms with Gasteiger partial charge in [0.05, 0.1) is 19.0 Å². The second kappa shape index (κ2) is 14.2. The molecule has 1 unspecified atom stereocenters. The number of aliphatic imine (C=N–C) groups is 1. The van der Waals surface area contributed by atoms with Crippen molar-refractivity contribution in [1.82, 2.24) is 15.5 Å². The molecule has 0 aliphatic carbocycles. The Morgan fingerprint density at radius 2 is 2.07 bits per heavy atom. The van der Waals surface area contributed by atoms with Gasteiger partial charge < -0.3 is 24.7 Å². The monoisotopic (exact) mass is 506 g/mol. The minimum absolute atomic E-state index is 0. The number of furan rings is 1. The van der Waals surface area contributed by atoms with E-state index in [0.29, 0.717) is 18.2 Å². The molecule has 28 heavy (non-hydrogen) atoms. The van der Waals surface area contributed by atoms with Gasteiger partial charge >= 0.3 is 0 Å². The van der Waals surface area contributed by atoms with Crippen molar-refractivity contribution < 1.29 is 9.15 Å². The first-order valence-corrected chi connectivity index (χ1v) is 10.5. The molecule has 0 saturated carbocycles. The molecule has 0 radical (unpaired) electrons. The Morgan fingerprint density at radius 1 is 1.32 bits per heavy atom. The molecule has 0 aromatic carbocycles. The van der Waals surface area contributed by atoms with Crippen LogP contribution in [0.2, 0.25) is 0 Å². The number of nitrogens with zero attached hydrogens (tertiary/aromatic N) is 2. The van der Waals surface area contributed by atoms with E-state index in [1.807, 2.05) is 12.1 Å². The number of hydrogen-bond acceptors (Lipinski definition) is 4. The number of likely N-dealkylation sites (tertiary alicyclic amines) is 1. The highest BCUT2D eigenvalue weighted by molar-refractivity contribution is 14.0. The van der Waals surface area contributed by atoms with Crippen LogP contribution in [0.25, 0.3) is 0 Å². The van der Waals surface area contributed by atoms with Gasteiger partial charge in [0.2, 0.25) is 0 Å². The van der Waals surface area contributed by atoms with Gasteiger partial charge in [-0.15, -0.1) is 24.0 Å². The van der Waals surface area contributed by atoms with Crippen molar-refractivity contribution in [3.63, 3.8) is 0 Å². The lowest BCUT2D eigenvalue weighted by atomic mass is 10.1. The minimum atomic E-state index is 0. The summed E-state index contributed by atoms with van der Waals surface area (Å²) in [7, 11) is 0. The highest BCUT2D eigenvalue weighted by Gasteiger charge is 2.20. The van der Waals surface area contributed by atoms with E-state index in [4.69, 9.17) is 14.1 Å². The number of hydrogen-bond donors (Lipinski definition) is 2. The van der Waals surface area contributed by atoms with Gasteiger partial charge in [0.1, 0.15) is 5.76 Å². The van der Waals surface area contributed by atoms with Crippen molar-refractivity contribution in [3.05, 3.63) is 24.2 Å². The molecule has 1 aromatic rings. The standard InChI is InChI=1S/C21H38N4O2.HI/c1-5-18(4)23-21(22-11-8-20-7-6-15-27-20)24-19-9-12-25(13-10-19)14-16-26-17(2)3;/h6-7,15,17-19H,5,8-14,16H2,1-4H3,(H2,22,23,24);1H. The van der Waals surface area contributed by atoms with Crippen LogP contribution in [-0.2, 0) is 11.2 Å². The number of halogens is 1. The van der Waals surface area contributed by atoms with Crippen molar-refractivity contribution in [2.24, 2.45) is 4.99 Å². The number of guanidine groups is 1. The Morgan fingerprint density at radius 3 is 2.68 bits per heavy atom. The van der Waals surface area contributed by atoms with Gasteiger partial charge in [0.25, 0.3) is 0 Å². The molecule has 7 heteroatoms. The maximum absolute atomic E-state index is 5.67. The van der Waals surface area contributed by atoms with E-state index in [9.17, 15) is 0 Å². The van der Waals surface area contributed by atoms with E-state index in [0.717, 1.165) is 70.2 Å². The molecule has 6 nitrogen and oxygen atoms in total. The van der Waals surface area contributed by atoms with Crippen LogP contribution in [-0.4, -0.2) is 61.8 Å². The molecular formula is C21H39IN4O2. The molecule has 1 saturated heterocycles. The summed E-state index contributed by atoms with van der Waals surface area (Å²) in [6, 6.07) is 4.82. The van der Waals surface area contributed by atoms with E-state index in [1.165, 1.54) is 0 Å². The molecule has 2 N–H and O–H groups in total. The fraction of sp³-hybridized carbons (Fsp3) is 0.762. The van der Waals surface area contributed by atoms with Crippen LogP contribution in [0.1, 0.15) is 52.7 Å². The molecular weight excluding hydrogens is 467 g/mol. The highest BCUT2D eigenvalue weighted by Crippen LogP contribution is 2.10.